The molecule has 1 aromatic rings. The summed E-state index contributed by atoms with van der Waals surface area (Å²) in [5, 5.41) is 8.61. The summed E-state index contributed by atoms with van der Waals surface area (Å²) in [6.07, 6.45) is 0. The standard InChI is InChI=1S/C16H22FN3O2/c1-10-3-4-12(7-14(10)17)16(22)20-6-5-19-15(21)11(2)13-8-18-9-13/h3-4,7,11,13,18H,5-6,8-9H2,1-2H3,(H,19,21)(H,20,22). The Morgan fingerprint density at radius 1 is 1.32 bits per heavy atom. The van der Waals surface area contributed by atoms with Crippen LogP contribution >= 0.6 is 0 Å². The number of carbonyl (C=O) groups is 2. The zero-order valence-corrected chi connectivity index (χ0v) is 12.9. The van der Waals surface area contributed by atoms with E-state index in [4.69, 9.17) is 0 Å². The Hall–Kier alpha value is -1.95. The Balaban J connectivity index is 1.70. The largest absolute Gasteiger partial charge is 0.354 e. The van der Waals surface area contributed by atoms with Crippen molar-refractivity contribution in [1.29, 1.82) is 0 Å². The lowest BCUT2D eigenvalue weighted by Crippen LogP contribution is -2.50. The lowest BCUT2D eigenvalue weighted by atomic mass is 9.88. The first kappa shape index (κ1) is 16.4. The number of rotatable bonds is 6. The van der Waals surface area contributed by atoms with E-state index in [2.05, 4.69) is 16.0 Å². The molecule has 5 nitrogen and oxygen atoms in total. The molecular weight excluding hydrogens is 285 g/mol. The number of aryl methyl sites for hydroxylation is 1. The van der Waals surface area contributed by atoms with Crippen LogP contribution in [0.25, 0.3) is 0 Å². The van der Waals surface area contributed by atoms with Crippen molar-refractivity contribution in [3.8, 4) is 0 Å². The summed E-state index contributed by atoms with van der Waals surface area (Å²) < 4.78 is 13.4. The van der Waals surface area contributed by atoms with Crippen molar-refractivity contribution in [1.82, 2.24) is 16.0 Å². The second kappa shape index (κ2) is 7.35. The molecule has 120 valence electrons. The molecule has 1 aromatic carbocycles. The van der Waals surface area contributed by atoms with Gasteiger partial charge in [0.1, 0.15) is 5.82 Å². The van der Waals surface area contributed by atoms with Crippen molar-refractivity contribution in [3.63, 3.8) is 0 Å². The quantitative estimate of drug-likeness (QED) is 0.682. The number of carbonyl (C=O) groups excluding carboxylic acids is 2. The summed E-state index contributed by atoms with van der Waals surface area (Å²) in [7, 11) is 0. The zero-order valence-electron chi connectivity index (χ0n) is 12.9. The monoisotopic (exact) mass is 307 g/mol. The highest BCUT2D eigenvalue weighted by Crippen LogP contribution is 2.15. The third-order valence-corrected chi connectivity index (χ3v) is 4.08. The molecule has 6 heteroatoms. The Bertz CT molecular complexity index is 558. The molecule has 1 saturated heterocycles. The fourth-order valence-electron chi connectivity index (χ4n) is 2.24. The van der Waals surface area contributed by atoms with Gasteiger partial charge >= 0.3 is 0 Å². The van der Waals surface area contributed by atoms with Crippen molar-refractivity contribution >= 4 is 11.8 Å². The van der Waals surface area contributed by atoms with Crippen LogP contribution in [0.15, 0.2) is 18.2 Å². The third-order valence-electron chi connectivity index (χ3n) is 4.08. The van der Waals surface area contributed by atoms with Crippen molar-refractivity contribution < 1.29 is 14.0 Å². The molecule has 22 heavy (non-hydrogen) atoms. The van der Waals surface area contributed by atoms with Gasteiger partial charge in [0.2, 0.25) is 5.91 Å². The molecule has 3 N–H and O–H groups in total. The lowest BCUT2D eigenvalue weighted by molar-refractivity contribution is -0.126. The van der Waals surface area contributed by atoms with Crippen molar-refractivity contribution in [2.24, 2.45) is 11.8 Å². The van der Waals surface area contributed by atoms with Crippen LogP contribution in [0.5, 0.6) is 0 Å². The molecule has 0 spiro atoms. The van der Waals surface area contributed by atoms with E-state index >= 15 is 0 Å². The number of halogens is 1. The van der Waals surface area contributed by atoms with Crippen LogP contribution in [0.2, 0.25) is 0 Å². The summed E-state index contributed by atoms with van der Waals surface area (Å²) in [4.78, 5) is 23.7. The van der Waals surface area contributed by atoms with E-state index in [-0.39, 0.29) is 23.3 Å². The van der Waals surface area contributed by atoms with Gasteiger partial charge in [-0.25, -0.2) is 4.39 Å². The molecule has 1 atom stereocenters. The molecule has 1 fully saturated rings. The molecule has 2 amide bonds. The van der Waals surface area contributed by atoms with E-state index in [9.17, 15) is 14.0 Å². The molecular formula is C16H22FN3O2. The first-order valence-electron chi connectivity index (χ1n) is 7.52. The average molecular weight is 307 g/mol. The Morgan fingerprint density at radius 3 is 2.59 bits per heavy atom. The zero-order chi connectivity index (χ0) is 16.1. The Labute approximate surface area is 129 Å². The summed E-state index contributed by atoms with van der Waals surface area (Å²) >= 11 is 0. The van der Waals surface area contributed by atoms with Gasteiger partial charge in [0.25, 0.3) is 5.91 Å². The van der Waals surface area contributed by atoms with E-state index in [1.54, 1.807) is 19.1 Å². The number of nitrogens with one attached hydrogen (secondary N) is 3. The van der Waals surface area contributed by atoms with Crippen molar-refractivity contribution in [3.05, 3.63) is 35.1 Å². The van der Waals surface area contributed by atoms with Crippen molar-refractivity contribution in [2.75, 3.05) is 26.2 Å². The number of hydrogen-bond acceptors (Lipinski definition) is 3. The van der Waals surface area contributed by atoms with Crippen LogP contribution in [0.3, 0.4) is 0 Å². The summed E-state index contributed by atoms with van der Waals surface area (Å²) in [5.41, 5.74) is 0.784. The van der Waals surface area contributed by atoms with Crippen molar-refractivity contribution in [2.45, 2.75) is 13.8 Å². The molecule has 0 aliphatic carbocycles. The van der Waals surface area contributed by atoms with E-state index in [1.807, 2.05) is 6.92 Å². The van der Waals surface area contributed by atoms with E-state index in [0.717, 1.165) is 13.1 Å². The van der Waals surface area contributed by atoms with E-state index < -0.39 is 5.82 Å². The topological polar surface area (TPSA) is 70.2 Å². The van der Waals surface area contributed by atoms with E-state index in [1.165, 1.54) is 6.07 Å². The van der Waals surface area contributed by atoms with Crippen LogP contribution in [0, 0.1) is 24.6 Å². The Kier molecular flexibility index (Phi) is 5.49. The molecule has 0 bridgehead atoms. The van der Waals surface area contributed by atoms with Gasteiger partial charge in [-0.15, -0.1) is 0 Å². The number of benzene rings is 1. The SMILES string of the molecule is Cc1ccc(C(=O)NCCNC(=O)C(C)C2CNC2)cc1F. The molecule has 0 radical (unpaired) electrons. The maximum absolute atomic E-state index is 13.4. The predicted molar refractivity (Wildman–Crippen MR) is 82.0 cm³/mol. The molecule has 1 aliphatic heterocycles. The van der Waals surface area contributed by atoms with Gasteiger partial charge in [-0.1, -0.05) is 13.0 Å². The van der Waals surface area contributed by atoms with Crippen LogP contribution in [0.4, 0.5) is 4.39 Å². The molecule has 0 saturated carbocycles. The minimum Gasteiger partial charge on any atom is -0.354 e. The minimum atomic E-state index is -0.399. The van der Waals surface area contributed by atoms with Gasteiger partial charge in [-0.3, -0.25) is 9.59 Å². The molecule has 1 heterocycles. The van der Waals surface area contributed by atoms with Gasteiger partial charge in [0.05, 0.1) is 0 Å². The van der Waals surface area contributed by atoms with Gasteiger partial charge < -0.3 is 16.0 Å². The lowest BCUT2D eigenvalue weighted by Gasteiger charge is -2.31. The highest BCUT2D eigenvalue weighted by Gasteiger charge is 2.28. The fourth-order valence-corrected chi connectivity index (χ4v) is 2.24. The normalized spacial score (nSPS) is 15.8. The average Bonchev–Trinajstić information content (AvgIpc) is 2.44. The van der Waals surface area contributed by atoms with Crippen LogP contribution in [-0.2, 0) is 4.79 Å². The maximum Gasteiger partial charge on any atom is 0.251 e. The highest BCUT2D eigenvalue weighted by molar-refractivity contribution is 5.94. The van der Waals surface area contributed by atoms with Gasteiger partial charge in [-0.05, 0) is 43.6 Å². The first-order valence-corrected chi connectivity index (χ1v) is 7.52. The second-order valence-corrected chi connectivity index (χ2v) is 5.72. The molecule has 2 rings (SSSR count). The Morgan fingerprint density at radius 2 is 2.00 bits per heavy atom. The molecule has 1 unspecified atom stereocenters. The van der Waals surface area contributed by atoms with Gasteiger partial charge in [-0.2, -0.15) is 0 Å². The summed E-state index contributed by atoms with van der Waals surface area (Å²) in [5.74, 6) is -0.372. The predicted octanol–water partition coefficient (Wildman–Crippen LogP) is 0.836. The molecule has 1 aliphatic rings. The summed E-state index contributed by atoms with van der Waals surface area (Å²) in [6, 6.07) is 4.37. The highest BCUT2D eigenvalue weighted by atomic mass is 19.1. The minimum absolute atomic E-state index is 0.00197. The number of hydrogen-bond donors (Lipinski definition) is 3. The first-order chi connectivity index (χ1) is 10.5. The summed E-state index contributed by atoms with van der Waals surface area (Å²) in [6.45, 7) is 5.99. The third kappa shape index (κ3) is 4.04. The van der Waals surface area contributed by atoms with E-state index in [0.29, 0.717) is 24.6 Å². The van der Waals surface area contributed by atoms with Crippen LogP contribution < -0.4 is 16.0 Å². The number of amides is 2. The fraction of sp³-hybridized carbons (Fsp3) is 0.500. The van der Waals surface area contributed by atoms with Gasteiger partial charge in [0, 0.05) is 24.6 Å². The molecule has 0 aromatic heterocycles. The van der Waals surface area contributed by atoms with Crippen LogP contribution in [-0.4, -0.2) is 38.0 Å². The van der Waals surface area contributed by atoms with Crippen LogP contribution in [0.1, 0.15) is 22.8 Å². The second-order valence-electron chi connectivity index (χ2n) is 5.72. The smallest absolute Gasteiger partial charge is 0.251 e. The maximum atomic E-state index is 13.4. The van der Waals surface area contributed by atoms with Gasteiger partial charge in [0.15, 0.2) is 0 Å².